The third-order valence-corrected chi connectivity index (χ3v) is 3.98. The predicted octanol–water partition coefficient (Wildman–Crippen LogP) is 0.193. The highest BCUT2D eigenvalue weighted by molar-refractivity contribution is 5.83. The number of carbonyl (C=O) groups is 1. The molecule has 2 rings (SSSR count). The van der Waals surface area contributed by atoms with Gasteiger partial charge in [-0.25, -0.2) is 0 Å². The van der Waals surface area contributed by atoms with Crippen molar-refractivity contribution >= 4 is 5.78 Å². The molecule has 1 atom stereocenters. The molecule has 2 aliphatic rings. The van der Waals surface area contributed by atoms with Crippen LogP contribution in [0.25, 0.3) is 0 Å². The Bertz CT molecular complexity index is 241. The molecule has 4 heteroatoms. The van der Waals surface area contributed by atoms with E-state index in [4.69, 9.17) is 0 Å². The molecule has 2 heterocycles. The van der Waals surface area contributed by atoms with E-state index in [1.807, 2.05) is 0 Å². The lowest BCUT2D eigenvalue weighted by Crippen LogP contribution is -2.47. The molecule has 0 amide bonds. The van der Waals surface area contributed by atoms with Gasteiger partial charge >= 0.3 is 0 Å². The summed E-state index contributed by atoms with van der Waals surface area (Å²) in [7, 11) is 2.15. The zero-order valence-electron chi connectivity index (χ0n) is 11.0. The van der Waals surface area contributed by atoms with E-state index < -0.39 is 0 Å². The van der Waals surface area contributed by atoms with Gasteiger partial charge in [0.05, 0.1) is 6.54 Å². The molecular weight excluding hydrogens is 214 g/mol. The molecule has 1 N–H and O–H groups in total. The average molecular weight is 239 g/mol. The summed E-state index contributed by atoms with van der Waals surface area (Å²) < 4.78 is 0. The number of piperazine rings is 1. The Morgan fingerprint density at radius 3 is 2.76 bits per heavy atom. The standard InChI is InChI=1S/C13H25N3O/c1-15-6-8-16(9-7-15)11-13(17)12-4-2-3-5-14-10-12/h12,14H,2-11H2,1H3. The Morgan fingerprint density at radius 2 is 2.00 bits per heavy atom. The van der Waals surface area contributed by atoms with E-state index >= 15 is 0 Å². The number of nitrogens with zero attached hydrogens (tertiary/aromatic N) is 2. The van der Waals surface area contributed by atoms with Gasteiger partial charge in [-0.05, 0) is 26.4 Å². The van der Waals surface area contributed by atoms with Gasteiger partial charge in [0.2, 0.25) is 0 Å². The molecule has 17 heavy (non-hydrogen) atoms. The van der Waals surface area contributed by atoms with Crippen molar-refractivity contribution in [3.05, 3.63) is 0 Å². The highest BCUT2D eigenvalue weighted by atomic mass is 16.1. The molecule has 0 radical (unpaired) electrons. The molecule has 2 aliphatic heterocycles. The van der Waals surface area contributed by atoms with Crippen LogP contribution < -0.4 is 5.32 Å². The van der Waals surface area contributed by atoms with E-state index in [2.05, 4.69) is 22.2 Å². The number of Topliss-reactive ketones (excluding diaryl/α,β-unsaturated/α-hetero) is 1. The largest absolute Gasteiger partial charge is 0.316 e. The second-order valence-electron chi connectivity index (χ2n) is 5.44. The third-order valence-electron chi connectivity index (χ3n) is 3.98. The van der Waals surface area contributed by atoms with Crippen LogP contribution in [0.5, 0.6) is 0 Å². The summed E-state index contributed by atoms with van der Waals surface area (Å²) >= 11 is 0. The summed E-state index contributed by atoms with van der Waals surface area (Å²) in [5, 5.41) is 3.37. The number of rotatable bonds is 3. The fourth-order valence-corrected chi connectivity index (χ4v) is 2.65. The van der Waals surface area contributed by atoms with Gasteiger partial charge in [0.15, 0.2) is 5.78 Å². The summed E-state index contributed by atoms with van der Waals surface area (Å²) in [5.74, 6) is 0.709. The van der Waals surface area contributed by atoms with Crippen molar-refractivity contribution in [2.75, 3.05) is 52.9 Å². The topological polar surface area (TPSA) is 35.6 Å². The van der Waals surface area contributed by atoms with E-state index in [0.717, 1.165) is 45.7 Å². The Morgan fingerprint density at radius 1 is 1.24 bits per heavy atom. The number of carbonyl (C=O) groups excluding carboxylic acids is 1. The Balaban J connectivity index is 1.75. The zero-order valence-corrected chi connectivity index (χ0v) is 11.0. The quantitative estimate of drug-likeness (QED) is 0.763. The van der Waals surface area contributed by atoms with Crippen LogP contribution in [-0.4, -0.2) is 68.4 Å². The van der Waals surface area contributed by atoms with Gasteiger partial charge < -0.3 is 10.2 Å². The third kappa shape index (κ3) is 4.05. The van der Waals surface area contributed by atoms with Gasteiger partial charge in [-0.3, -0.25) is 9.69 Å². The lowest BCUT2D eigenvalue weighted by Gasteiger charge is -2.32. The van der Waals surface area contributed by atoms with Crippen molar-refractivity contribution in [3.63, 3.8) is 0 Å². The van der Waals surface area contributed by atoms with E-state index in [0.29, 0.717) is 12.3 Å². The first-order chi connectivity index (χ1) is 8.25. The van der Waals surface area contributed by atoms with Crippen molar-refractivity contribution in [1.82, 2.24) is 15.1 Å². The first kappa shape index (κ1) is 13.0. The molecule has 0 aliphatic carbocycles. The molecule has 0 aromatic carbocycles. The van der Waals surface area contributed by atoms with Crippen LogP contribution in [-0.2, 0) is 4.79 Å². The van der Waals surface area contributed by atoms with Crippen molar-refractivity contribution in [2.24, 2.45) is 5.92 Å². The highest BCUT2D eigenvalue weighted by Gasteiger charge is 2.23. The maximum atomic E-state index is 12.2. The van der Waals surface area contributed by atoms with E-state index in [1.165, 1.54) is 12.8 Å². The van der Waals surface area contributed by atoms with Crippen LogP contribution in [0.15, 0.2) is 0 Å². The molecule has 98 valence electrons. The number of nitrogens with one attached hydrogen (secondary N) is 1. The minimum Gasteiger partial charge on any atom is -0.316 e. The molecule has 1 unspecified atom stereocenters. The van der Waals surface area contributed by atoms with Crippen LogP contribution in [0.2, 0.25) is 0 Å². The summed E-state index contributed by atoms with van der Waals surface area (Å²) in [6, 6.07) is 0. The van der Waals surface area contributed by atoms with Gasteiger partial charge in [-0.15, -0.1) is 0 Å². The van der Waals surface area contributed by atoms with Gasteiger partial charge in [0.1, 0.15) is 0 Å². The fraction of sp³-hybridized carbons (Fsp3) is 0.923. The van der Waals surface area contributed by atoms with Crippen LogP contribution in [0.1, 0.15) is 19.3 Å². The van der Waals surface area contributed by atoms with Crippen molar-refractivity contribution < 1.29 is 4.79 Å². The minimum atomic E-state index is 0.261. The van der Waals surface area contributed by atoms with E-state index in [1.54, 1.807) is 0 Å². The smallest absolute Gasteiger partial charge is 0.151 e. The summed E-state index contributed by atoms with van der Waals surface area (Å²) in [4.78, 5) is 16.8. The second-order valence-corrected chi connectivity index (χ2v) is 5.44. The summed E-state index contributed by atoms with van der Waals surface area (Å²) in [5.41, 5.74) is 0. The van der Waals surface area contributed by atoms with Crippen molar-refractivity contribution in [3.8, 4) is 0 Å². The molecule has 2 saturated heterocycles. The van der Waals surface area contributed by atoms with Crippen LogP contribution in [0.4, 0.5) is 0 Å². The summed E-state index contributed by atoms with van der Waals surface area (Å²) in [6.45, 7) is 6.92. The van der Waals surface area contributed by atoms with Crippen molar-refractivity contribution in [2.45, 2.75) is 19.3 Å². The molecule has 0 saturated carbocycles. The number of ketones is 1. The van der Waals surface area contributed by atoms with Crippen LogP contribution >= 0.6 is 0 Å². The first-order valence-electron chi connectivity index (χ1n) is 6.90. The highest BCUT2D eigenvalue weighted by Crippen LogP contribution is 2.13. The van der Waals surface area contributed by atoms with Gasteiger partial charge in [-0.2, -0.15) is 0 Å². The fourth-order valence-electron chi connectivity index (χ4n) is 2.65. The summed E-state index contributed by atoms with van der Waals surface area (Å²) in [6.07, 6.45) is 3.50. The Kier molecular flexibility index (Phi) is 4.95. The van der Waals surface area contributed by atoms with Crippen LogP contribution in [0.3, 0.4) is 0 Å². The van der Waals surface area contributed by atoms with Crippen molar-refractivity contribution in [1.29, 1.82) is 0 Å². The number of hydrogen-bond donors (Lipinski definition) is 1. The molecule has 0 aromatic heterocycles. The maximum absolute atomic E-state index is 12.2. The normalized spacial score (nSPS) is 28.9. The SMILES string of the molecule is CN1CCN(CC(=O)C2CCCCNC2)CC1. The maximum Gasteiger partial charge on any atom is 0.151 e. The molecule has 0 spiro atoms. The molecule has 2 fully saturated rings. The van der Waals surface area contributed by atoms with E-state index in [-0.39, 0.29) is 5.92 Å². The Hall–Kier alpha value is -0.450. The molecule has 0 aromatic rings. The average Bonchev–Trinajstić information content (AvgIpc) is 2.61. The Labute approximate surface area is 104 Å². The minimum absolute atomic E-state index is 0.261. The zero-order chi connectivity index (χ0) is 12.1. The predicted molar refractivity (Wildman–Crippen MR) is 69.2 cm³/mol. The lowest BCUT2D eigenvalue weighted by atomic mass is 9.98. The first-order valence-corrected chi connectivity index (χ1v) is 6.90. The van der Waals surface area contributed by atoms with Gasteiger partial charge in [-0.1, -0.05) is 6.42 Å². The van der Waals surface area contributed by atoms with Gasteiger partial charge in [0.25, 0.3) is 0 Å². The van der Waals surface area contributed by atoms with E-state index in [9.17, 15) is 4.79 Å². The van der Waals surface area contributed by atoms with Gasteiger partial charge in [0, 0.05) is 38.6 Å². The molecule has 4 nitrogen and oxygen atoms in total. The molecular formula is C13H25N3O. The lowest BCUT2D eigenvalue weighted by molar-refractivity contribution is -0.124. The monoisotopic (exact) mass is 239 g/mol. The van der Waals surface area contributed by atoms with Crippen LogP contribution in [0, 0.1) is 5.92 Å². The molecule has 0 bridgehead atoms. The number of likely N-dealkylation sites (N-methyl/N-ethyl adjacent to an activating group) is 1. The second kappa shape index (κ2) is 6.47. The number of hydrogen-bond acceptors (Lipinski definition) is 4.